The van der Waals surface area contributed by atoms with Crippen LogP contribution in [0.5, 0.6) is 0 Å². The van der Waals surface area contributed by atoms with Crippen LogP contribution in [0.15, 0.2) is 0 Å². The predicted octanol–water partition coefficient (Wildman–Crippen LogP) is 2.43. The third-order valence-corrected chi connectivity index (χ3v) is 7.33. The zero-order chi connectivity index (χ0) is 14.9. The Hall–Kier alpha value is -0.710. The molecule has 1 aliphatic heterocycles. The highest BCUT2D eigenvalue weighted by atomic mass is 32.2. The summed E-state index contributed by atoms with van der Waals surface area (Å²) in [6.45, 7) is 8.45. The molecule has 5 heteroatoms. The average Bonchev–Trinajstić information content (AvgIpc) is 3.15. The summed E-state index contributed by atoms with van der Waals surface area (Å²) in [6.07, 6.45) is 2.26. The molecule has 2 atom stereocenters. The molecule has 0 bridgehead atoms. The minimum Gasteiger partial charge on any atom is -0.480 e. The first kappa shape index (κ1) is 14.2. The van der Waals surface area contributed by atoms with Crippen molar-refractivity contribution in [3.05, 3.63) is 0 Å². The summed E-state index contributed by atoms with van der Waals surface area (Å²) in [4.78, 5) is 26.1. The van der Waals surface area contributed by atoms with Gasteiger partial charge in [0.2, 0.25) is 5.91 Å². The van der Waals surface area contributed by atoms with E-state index in [1.165, 1.54) is 0 Å². The molecule has 3 fully saturated rings. The molecule has 1 amide bonds. The summed E-state index contributed by atoms with van der Waals surface area (Å²) >= 11 is 1.66. The van der Waals surface area contributed by atoms with Crippen molar-refractivity contribution >= 4 is 23.6 Å². The van der Waals surface area contributed by atoms with Crippen LogP contribution in [0, 0.1) is 22.7 Å². The van der Waals surface area contributed by atoms with E-state index in [1.54, 1.807) is 16.7 Å². The number of rotatable bonds is 3. The highest BCUT2D eigenvalue weighted by Crippen LogP contribution is 2.69. The van der Waals surface area contributed by atoms with Crippen molar-refractivity contribution in [3.8, 4) is 0 Å². The Morgan fingerprint density at radius 2 is 1.70 bits per heavy atom. The van der Waals surface area contributed by atoms with Gasteiger partial charge in [-0.15, -0.1) is 11.8 Å². The number of carbonyl (C=O) groups excluding carboxylic acids is 1. The standard InChI is InChI=1S/C15H23NO3S/c1-14(2)10(15(14,3)4)11(17)16-9(13(18)19)7-20-12(16)8-5-6-8/h8-10,12H,5-7H2,1-4H3,(H,18,19). The third kappa shape index (κ3) is 1.81. The van der Waals surface area contributed by atoms with Gasteiger partial charge in [0.1, 0.15) is 6.04 Å². The number of amides is 1. The van der Waals surface area contributed by atoms with Gasteiger partial charge in [-0.3, -0.25) is 4.79 Å². The Labute approximate surface area is 124 Å². The van der Waals surface area contributed by atoms with Crippen molar-refractivity contribution in [2.45, 2.75) is 52.0 Å². The van der Waals surface area contributed by atoms with E-state index in [0.717, 1.165) is 12.8 Å². The Morgan fingerprint density at radius 1 is 1.15 bits per heavy atom. The fourth-order valence-electron chi connectivity index (χ4n) is 3.70. The van der Waals surface area contributed by atoms with Crippen LogP contribution in [-0.2, 0) is 9.59 Å². The van der Waals surface area contributed by atoms with Gasteiger partial charge in [-0.25, -0.2) is 4.79 Å². The number of hydrogen-bond acceptors (Lipinski definition) is 3. The number of thioether (sulfide) groups is 1. The molecule has 1 saturated heterocycles. The average molecular weight is 297 g/mol. The van der Waals surface area contributed by atoms with Crippen molar-refractivity contribution in [1.82, 2.24) is 4.90 Å². The molecule has 1 N–H and O–H groups in total. The fraction of sp³-hybridized carbons (Fsp3) is 0.867. The van der Waals surface area contributed by atoms with Gasteiger partial charge in [-0.05, 0) is 29.6 Å². The fourth-order valence-corrected chi connectivity index (χ4v) is 5.34. The Bertz CT molecular complexity index is 456. The van der Waals surface area contributed by atoms with Crippen molar-refractivity contribution < 1.29 is 14.7 Å². The first-order valence-corrected chi connectivity index (χ1v) is 8.41. The summed E-state index contributed by atoms with van der Waals surface area (Å²) in [6, 6.07) is -0.634. The molecule has 2 unspecified atom stereocenters. The van der Waals surface area contributed by atoms with Crippen molar-refractivity contribution in [2.24, 2.45) is 22.7 Å². The lowest BCUT2D eigenvalue weighted by Gasteiger charge is -2.28. The smallest absolute Gasteiger partial charge is 0.327 e. The second kappa shape index (κ2) is 4.15. The Balaban J connectivity index is 1.85. The number of hydrogen-bond donors (Lipinski definition) is 1. The first-order chi connectivity index (χ1) is 9.19. The highest BCUT2D eigenvalue weighted by Gasteiger charge is 2.70. The maximum Gasteiger partial charge on any atom is 0.327 e. The van der Waals surface area contributed by atoms with E-state index in [4.69, 9.17) is 0 Å². The van der Waals surface area contributed by atoms with E-state index in [0.29, 0.717) is 11.7 Å². The topological polar surface area (TPSA) is 57.6 Å². The monoisotopic (exact) mass is 297 g/mol. The molecule has 3 rings (SSSR count). The quantitative estimate of drug-likeness (QED) is 0.869. The molecule has 4 nitrogen and oxygen atoms in total. The van der Waals surface area contributed by atoms with E-state index < -0.39 is 12.0 Å². The minimum atomic E-state index is -0.856. The molecule has 0 spiro atoms. The second-order valence-corrected chi connectivity index (χ2v) is 8.69. The maximum atomic E-state index is 12.9. The molecule has 2 saturated carbocycles. The first-order valence-electron chi connectivity index (χ1n) is 7.36. The molecule has 0 aromatic heterocycles. The molecule has 20 heavy (non-hydrogen) atoms. The Morgan fingerprint density at radius 3 is 2.10 bits per heavy atom. The normalized spacial score (nSPS) is 35.1. The zero-order valence-electron chi connectivity index (χ0n) is 12.5. The molecule has 112 valence electrons. The summed E-state index contributed by atoms with van der Waals surface area (Å²) in [5.74, 6) is 0.213. The number of carboxylic acid groups (broad SMARTS) is 1. The van der Waals surface area contributed by atoms with Crippen LogP contribution in [0.25, 0.3) is 0 Å². The number of aliphatic carboxylic acids is 1. The second-order valence-electron chi connectivity index (χ2n) is 7.54. The van der Waals surface area contributed by atoms with Crippen LogP contribution in [-0.4, -0.2) is 39.1 Å². The maximum absolute atomic E-state index is 12.9. The summed E-state index contributed by atoms with van der Waals surface area (Å²) in [5.41, 5.74) is -0.0665. The summed E-state index contributed by atoms with van der Waals surface area (Å²) < 4.78 is 0. The van der Waals surface area contributed by atoms with Crippen LogP contribution in [0.3, 0.4) is 0 Å². The molecule has 0 radical (unpaired) electrons. The van der Waals surface area contributed by atoms with Gasteiger partial charge >= 0.3 is 5.97 Å². The van der Waals surface area contributed by atoms with Gasteiger partial charge in [0.05, 0.1) is 5.37 Å². The van der Waals surface area contributed by atoms with Crippen molar-refractivity contribution in [3.63, 3.8) is 0 Å². The van der Waals surface area contributed by atoms with E-state index >= 15 is 0 Å². The number of nitrogens with zero attached hydrogens (tertiary/aromatic N) is 1. The lowest BCUT2D eigenvalue weighted by molar-refractivity contribution is -0.150. The molecule has 0 aromatic rings. The van der Waals surface area contributed by atoms with Gasteiger partial charge in [0, 0.05) is 11.7 Å². The Kier molecular flexibility index (Phi) is 2.96. The van der Waals surface area contributed by atoms with Crippen LogP contribution < -0.4 is 0 Å². The van der Waals surface area contributed by atoms with E-state index in [1.807, 2.05) is 0 Å². The van der Waals surface area contributed by atoms with Crippen LogP contribution in [0.4, 0.5) is 0 Å². The third-order valence-electron chi connectivity index (χ3n) is 5.87. The summed E-state index contributed by atoms with van der Waals surface area (Å²) in [7, 11) is 0. The molecule has 2 aliphatic carbocycles. The van der Waals surface area contributed by atoms with E-state index in [-0.39, 0.29) is 28.0 Å². The van der Waals surface area contributed by atoms with Gasteiger partial charge in [-0.2, -0.15) is 0 Å². The summed E-state index contributed by atoms with van der Waals surface area (Å²) in [5, 5.41) is 9.50. The van der Waals surface area contributed by atoms with E-state index in [2.05, 4.69) is 27.7 Å². The van der Waals surface area contributed by atoms with Crippen LogP contribution in [0.1, 0.15) is 40.5 Å². The lowest BCUT2D eigenvalue weighted by Crippen LogP contribution is -2.47. The zero-order valence-corrected chi connectivity index (χ0v) is 13.4. The number of carbonyl (C=O) groups is 2. The number of carboxylic acids is 1. The lowest BCUT2D eigenvalue weighted by atomic mass is 10.0. The van der Waals surface area contributed by atoms with Gasteiger partial charge in [-0.1, -0.05) is 27.7 Å². The van der Waals surface area contributed by atoms with E-state index in [9.17, 15) is 14.7 Å². The van der Waals surface area contributed by atoms with Gasteiger partial charge < -0.3 is 10.0 Å². The predicted molar refractivity (Wildman–Crippen MR) is 78.3 cm³/mol. The highest BCUT2D eigenvalue weighted by molar-refractivity contribution is 8.00. The molecular formula is C15H23NO3S. The SMILES string of the molecule is CC1(C)C(C(=O)N2C(C(=O)O)CSC2C2CC2)C1(C)C. The minimum absolute atomic E-state index is 0.0332. The molecule has 0 aromatic carbocycles. The van der Waals surface area contributed by atoms with Crippen molar-refractivity contribution in [1.29, 1.82) is 0 Å². The van der Waals surface area contributed by atoms with Crippen LogP contribution >= 0.6 is 11.8 Å². The van der Waals surface area contributed by atoms with Gasteiger partial charge in [0.25, 0.3) is 0 Å². The molecular weight excluding hydrogens is 274 g/mol. The molecule has 3 aliphatic rings. The van der Waals surface area contributed by atoms with Crippen molar-refractivity contribution in [2.75, 3.05) is 5.75 Å². The molecule has 1 heterocycles. The van der Waals surface area contributed by atoms with Gasteiger partial charge in [0.15, 0.2) is 0 Å². The van der Waals surface area contributed by atoms with Crippen LogP contribution in [0.2, 0.25) is 0 Å². The largest absolute Gasteiger partial charge is 0.480 e.